The van der Waals surface area contributed by atoms with Gasteiger partial charge in [-0.1, -0.05) is 23.7 Å². The Morgan fingerprint density at radius 2 is 2.08 bits per heavy atom. The Hall–Kier alpha value is -3.61. The number of fused-ring (bicyclic) bond motifs is 4. The SMILES string of the molecule is O=C(Nc1cc(OCC(O)CO)ccn1)N1c2nc(-c3cccc(C(F)(F)F)c3)c(Cl)cc2N2CCC[C@H]1C2. The van der Waals surface area contributed by atoms with Crippen molar-refractivity contribution in [3.05, 3.63) is 59.2 Å². The highest BCUT2D eigenvalue weighted by Gasteiger charge is 2.39. The van der Waals surface area contributed by atoms with Crippen LogP contribution in [0.3, 0.4) is 0 Å². The number of aliphatic hydroxyl groups is 2. The monoisotopic (exact) mass is 563 g/mol. The smallest absolute Gasteiger partial charge is 0.416 e. The Kier molecular flexibility index (Phi) is 7.52. The lowest BCUT2D eigenvalue weighted by atomic mass is 9.99. The van der Waals surface area contributed by atoms with Crippen molar-refractivity contribution in [3.63, 3.8) is 0 Å². The molecule has 0 saturated carbocycles. The van der Waals surface area contributed by atoms with Gasteiger partial charge >= 0.3 is 12.2 Å². The van der Waals surface area contributed by atoms with Crippen LogP contribution in [0.5, 0.6) is 5.75 Å². The molecule has 1 unspecified atom stereocenters. The molecule has 5 rings (SSSR count). The van der Waals surface area contributed by atoms with E-state index in [-0.39, 0.29) is 34.7 Å². The second-order valence-corrected chi connectivity index (χ2v) is 9.71. The molecule has 0 spiro atoms. The number of hydrogen-bond donors (Lipinski definition) is 3. The Balaban J connectivity index is 1.48. The highest BCUT2D eigenvalue weighted by molar-refractivity contribution is 6.33. The van der Waals surface area contributed by atoms with Gasteiger partial charge in [-0.2, -0.15) is 13.2 Å². The van der Waals surface area contributed by atoms with E-state index in [4.69, 9.17) is 21.4 Å². The van der Waals surface area contributed by atoms with E-state index in [9.17, 15) is 23.1 Å². The van der Waals surface area contributed by atoms with E-state index in [1.54, 1.807) is 12.1 Å². The van der Waals surface area contributed by atoms with E-state index in [0.29, 0.717) is 30.2 Å². The summed E-state index contributed by atoms with van der Waals surface area (Å²) in [5, 5.41) is 21.4. The first-order chi connectivity index (χ1) is 18.6. The number of anilines is 3. The number of carbonyl (C=O) groups is 1. The Labute approximate surface area is 226 Å². The van der Waals surface area contributed by atoms with E-state index >= 15 is 0 Å². The summed E-state index contributed by atoms with van der Waals surface area (Å²) in [4.78, 5) is 26.0. The number of alkyl halides is 3. The molecule has 1 aromatic carbocycles. The van der Waals surface area contributed by atoms with Crippen LogP contribution in [0.15, 0.2) is 48.7 Å². The summed E-state index contributed by atoms with van der Waals surface area (Å²) >= 11 is 6.53. The van der Waals surface area contributed by atoms with Crippen LogP contribution < -0.4 is 19.9 Å². The second-order valence-electron chi connectivity index (χ2n) is 9.31. The Bertz CT molecular complexity index is 1380. The third kappa shape index (κ3) is 5.72. The van der Waals surface area contributed by atoms with Crippen molar-refractivity contribution in [2.45, 2.75) is 31.2 Å². The van der Waals surface area contributed by atoms with Gasteiger partial charge in [-0.3, -0.25) is 10.2 Å². The second kappa shape index (κ2) is 10.9. The van der Waals surface area contributed by atoms with E-state index in [1.807, 2.05) is 0 Å². The molecular weight excluding hydrogens is 539 g/mol. The number of aromatic nitrogens is 2. The fourth-order valence-corrected chi connectivity index (χ4v) is 4.98. The Morgan fingerprint density at radius 1 is 1.26 bits per heavy atom. The zero-order chi connectivity index (χ0) is 27.7. The maximum Gasteiger partial charge on any atom is 0.416 e. The number of ether oxygens (including phenoxy) is 1. The van der Waals surface area contributed by atoms with Crippen molar-refractivity contribution in [1.29, 1.82) is 0 Å². The van der Waals surface area contributed by atoms with Crippen LogP contribution in [0.25, 0.3) is 11.3 Å². The van der Waals surface area contributed by atoms with E-state index < -0.39 is 30.5 Å². The molecule has 2 aliphatic heterocycles. The molecule has 2 bridgehead atoms. The fraction of sp³-hybridized carbons (Fsp3) is 0.346. The molecule has 4 heterocycles. The molecule has 3 N–H and O–H groups in total. The van der Waals surface area contributed by atoms with Crippen molar-refractivity contribution >= 4 is 35.0 Å². The van der Waals surface area contributed by atoms with Crippen LogP contribution in [0.4, 0.5) is 35.3 Å². The summed E-state index contributed by atoms with van der Waals surface area (Å²) in [6.45, 7) is 0.687. The van der Waals surface area contributed by atoms with Gasteiger partial charge in [-0.15, -0.1) is 0 Å². The topological polar surface area (TPSA) is 111 Å². The number of piperidine rings is 1. The zero-order valence-electron chi connectivity index (χ0n) is 20.5. The van der Waals surface area contributed by atoms with Crippen molar-refractivity contribution in [3.8, 4) is 17.0 Å². The standard InChI is InChI=1S/C26H25ClF3N5O4/c27-20-11-21-24(33-23(20)15-3-1-4-16(9-15)26(28,29)30)35(17-5-2-8-34(21)12-17)25(38)32-22-10-19(6-7-31-22)39-14-18(37)13-36/h1,3-4,6-7,9-11,17-18,36-37H,2,5,8,12-14H2,(H,31,32,38)/t17-,18?/m0/s1. The minimum Gasteiger partial charge on any atom is -0.491 e. The number of carbonyl (C=O) groups excluding carboxylic acids is 1. The zero-order valence-corrected chi connectivity index (χ0v) is 21.3. The number of amides is 2. The number of benzene rings is 1. The van der Waals surface area contributed by atoms with E-state index in [2.05, 4.69) is 20.2 Å². The van der Waals surface area contributed by atoms with Gasteiger partial charge in [0.05, 0.1) is 34.6 Å². The Morgan fingerprint density at radius 3 is 2.85 bits per heavy atom. The van der Waals surface area contributed by atoms with Crippen molar-refractivity contribution in [2.24, 2.45) is 0 Å². The van der Waals surface area contributed by atoms with Gasteiger partial charge in [-0.25, -0.2) is 14.8 Å². The quantitative estimate of drug-likeness (QED) is 0.403. The van der Waals surface area contributed by atoms with Crippen LogP contribution in [0.2, 0.25) is 5.02 Å². The minimum atomic E-state index is -4.53. The third-order valence-corrected chi connectivity index (χ3v) is 6.86. The van der Waals surface area contributed by atoms with Crippen LogP contribution >= 0.6 is 11.6 Å². The van der Waals surface area contributed by atoms with E-state index in [0.717, 1.165) is 25.1 Å². The molecule has 2 aliphatic rings. The van der Waals surface area contributed by atoms with E-state index in [1.165, 1.54) is 29.3 Å². The first-order valence-electron chi connectivity index (χ1n) is 12.2. The third-order valence-electron chi connectivity index (χ3n) is 6.57. The fourth-order valence-electron chi connectivity index (χ4n) is 4.73. The number of pyridine rings is 2. The molecular formula is C26H25ClF3N5O4. The minimum absolute atomic E-state index is 0.136. The molecule has 0 radical (unpaired) electrons. The molecule has 2 atom stereocenters. The summed E-state index contributed by atoms with van der Waals surface area (Å²) in [5.74, 6) is 0.800. The van der Waals surface area contributed by atoms with Gasteiger partial charge in [0.2, 0.25) is 0 Å². The molecule has 1 fully saturated rings. The lowest BCUT2D eigenvalue weighted by molar-refractivity contribution is -0.137. The summed E-state index contributed by atoms with van der Waals surface area (Å²) in [5.41, 5.74) is 0.104. The maximum atomic E-state index is 13.6. The number of urea groups is 1. The molecule has 2 aromatic heterocycles. The molecule has 9 nitrogen and oxygen atoms in total. The number of nitrogens with zero attached hydrogens (tertiary/aromatic N) is 4. The van der Waals surface area contributed by atoms with Gasteiger partial charge in [0.1, 0.15) is 24.3 Å². The molecule has 206 valence electrons. The van der Waals surface area contributed by atoms with Gasteiger partial charge in [0.25, 0.3) is 0 Å². The predicted octanol–water partition coefficient (Wildman–Crippen LogP) is 4.57. The predicted molar refractivity (Wildman–Crippen MR) is 139 cm³/mol. The number of aliphatic hydroxyl groups excluding tert-OH is 2. The average Bonchev–Trinajstić information content (AvgIpc) is 2.92. The first-order valence-corrected chi connectivity index (χ1v) is 12.6. The summed E-state index contributed by atoms with van der Waals surface area (Å²) in [6.07, 6.45) is -2.63. The summed E-state index contributed by atoms with van der Waals surface area (Å²) in [7, 11) is 0. The van der Waals surface area contributed by atoms with Crippen LogP contribution in [0.1, 0.15) is 18.4 Å². The normalized spacial score (nSPS) is 17.4. The molecule has 0 aliphatic carbocycles. The van der Waals surface area contributed by atoms with Gasteiger partial charge in [-0.05, 0) is 37.1 Å². The largest absolute Gasteiger partial charge is 0.491 e. The van der Waals surface area contributed by atoms with Crippen molar-refractivity contribution in [2.75, 3.05) is 41.4 Å². The maximum absolute atomic E-state index is 13.6. The van der Waals surface area contributed by atoms with Crippen molar-refractivity contribution in [1.82, 2.24) is 9.97 Å². The number of hydrogen-bond acceptors (Lipinski definition) is 7. The summed E-state index contributed by atoms with van der Waals surface area (Å²) in [6, 6.07) is 8.65. The summed E-state index contributed by atoms with van der Waals surface area (Å²) < 4.78 is 45.5. The number of halogens is 4. The number of nitrogens with one attached hydrogen (secondary N) is 1. The van der Waals surface area contributed by atoms with Gasteiger partial charge in [0, 0.05) is 30.9 Å². The molecule has 1 saturated heterocycles. The van der Waals surface area contributed by atoms with Crippen molar-refractivity contribution < 1.29 is 32.9 Å². The van der Waals surface area contributed by atoms with Gasteiger partial charge < -0.3 is 19.8 Å². The molecule has 2 amide bonds. The number of rotatable bonds is 6. The van der Waals surface area contributed by atoms with Gasteiger partial charge in [0.15, 0.2) is 5.82 Å². The van der Waals surface area contributed by atoms with Crippen LogP contribution in [-0.2, 0) is 6.18 Å². The lowest BCUT2D eigenvalue weighted by Gasteiger charge is -2.46. The highest BCUT2D eigenvalue weighted by atomic mass is 35.5. The molecule has 13 heteroatoms. The first kappa shape index (κ1) is 27.0. The molecule has 3 aromatic rings. The van der Waals surface area contributed by atoms with Crippen LogP contribution in [-0.4, -0.2) is 64.7 Å². The van der Waals surface area contributed by atoms with Crippen LogP contribution in [0, 0.1) is 0 Å². The lowest BCUT2D eigenvalue weighted by Crippen LogP contribution is -2.56. The highest BCUT2D eigenvalue weighted by Crippen LogP contribution is 2.43. The molecule has 39 heavy (non-hydrogen) atoms. The average molecular weight is 564 g/mol.